The summed E-state index contributed by atoms with van der Waals surface area (Å²) >= 11 is 0. The molecule has 1 saturated carbocycles. The van der Waals surface area contributed by atoms with Gasteiger partial charge in [-0.3, -0.25) is 9.69 Å². The fourth-order valence-electron chi connectivity index (χ4n) is 1.98. The van der Waals surface area contributed by atoms with Crippen LogP contribution in [0.5, 0.6) is 5.75 Å². The number of carboxylic acids is 1. The average Bonchev–Trinajstić information content (AvgIpc) is 3.12. The normalized spacial score (nSPS) is 14.1. The van der Waals surface area contributed by atoms with Gasteiger partial charge in [0.1, 0.15) is 5.75 Å². The molecule has 0 saturated heterocycles. The molecule has 1 aliphatic rings. The summed E-state index contributed by atoms with van der Waals surface area (Å²) in [6, 6.07) is 8.18. The Morgan fingerprint density at radius 1 is 1.44 bits per heavy atom. The third kappa shape index (κ3) is 3.89. The summed E-state index contributed by atoms with van der Waals surface area (Å²) in [6.45, 7) is 0.740. The van der Waals surface area contributed by atoms with Gasteiger partial charge in [-0.2, -0.15) is 0 Å². The lowest BCUT2D eigenvalue weighted by Gasteiger charge is -2.20. The van der Waals surface area contributed by atoms with Crippen LogP contribution >= 0.6 is 12.4 Å². The van der Waals surface area contributed by atoms with Gasteiger partial charge in [0.25, 0.3) is 0 Å². The molecule has 18 heavy (non-hydrogen) atoms. The molecule has 1 N–H and O–H groups in total. The first-order valence-electron chi connectivity index (χ1n) is 5.78. The highest BCUT2D eigenvalue weighted by Gasteiger charge is 2.30. The highest BCUT2D eigenvalue weighted by Crippen LogP contribution is 2.29. The molecule has 0 aliphatic heterocycles. The number of hydrogen-bond acceptors (Lipinski definition) is 3. The number of hydrogen-bond donors (Lipinski definition) is 1. The highest BCUT2D eigenvalue weighted by molar-refractivity contribution is 5.85. The second-order valence-corrected chi connectivity index (χ2v) is 4.34. The zero-order valence-electron chi connectivity index (χ0n) is 10.3. The summed E-state index contributed by atoms with van der Waals surface area (Å²) in [5.41, 5.74) is 1.04. The van der Waals surface area contributed by atoms with E-state index in [9.17, 15) is 4.79 Å². The van der Waals surface area contributed by atoms with E-state index in [2.05, 4.69) is 0 Å². The molecular formula is C13H18ClNO3. The molecular weight excluding hydrogens is 254 g/mol. The summed E-state index contributed by atoms with van der Waals surface area (Å²) in [5, 5.41) is 8.89. The van der Waals surface area contributed by atoms with Gasteiger partial charge in [-0.25, -0.2) is 0 Å². The monoisotopic (exact) mass is 271 g/mol. The summed E-state index contributed by atoms with van der Waals surface area (Å²) in [5.74, 6) is 0.0512. The largest absolute Gasteiger partial charge is 0.496 e. The number of methoxy groups -OCH3 is 1. The standard InChI is InChI=1S/C13H17NO3.ClH/c1-17-12-5-3-2-4-10(12)8-14(9-13(15)16)11-6-7-11;/h2-5,11H,6-9H2,1H3,(H,15,16);1H. The van der Waals surface area contributed by atoms with Gasteiger partial charge in [-0.15, -0.1) is 12.4 Å². The zero-order chi connectivity index (χ0) is 12.3. The number of rotatable bonds is 6. The lowest BCUT2D eigenvalue weighted by Crippen LogP contribution is -2.31. The van der Waals surface area contributed by atoms with Crippen molar-refractivity contribution in [3.8, 4) is 5.75 Å². The van der Waals surface area contributed by atoms with Crippen LogP contribution in [0, 0.1) is 0 Å². The van der Waals surface area contributed by atoms with Crippen LogP contribution in [0.3, 0.4) is 0 Å². The molecule has 0 spiro atoms. The molecule has 2 rings (SSSR count). The molecule has 100 valence electrons. The number of ether oxygens (including phenoxy) is 1. The minimum Gasteiger partial charge on any atom is -0.496 e. The number of carbonyl (C=O) groups is 1. The van der Waals surface area contributed by atoms with Gasteiger partial charge in [0, 0.05) is 18.2 Å². The van der Waals surface area contributed by atoms with Gasteiger partial charge in [0.15, 0.2) is 0 Å². The number of nitrogens with zero attached hydrogens (tertiary/aromatic N) is 1. The first-order valence-corrected chi connectivity index (χ1v) is 5.78. The first kappa shape index (κ1) is 14.8. The summed E-state index contributed by atoms with van der Waals surface area (Å²) in [6.07, 6.45) is 2.20. The number of halogens is 1. The quantitative estimate of drug-likeness (QED) is 0.861. The van der Waals surface area contributed by atoms with Crippen molar-refractivity contribution < 1.29 is 14.6 Å². The molecule has 0 heterocycles. The molecule has 1 fully saturated rings. The maximum absolute atomic E-state index is 10.8. The highest BCUT2D eigenvalue weighted by atomic mass is 35.5. The van der Waals surface area contributed by atoms with Gasteiger partial charge in [0.05, 0.1) is 13.7 Å². The molecule has 0 bridgehead atoms. The Balaban J connectivity index is 0.00000162. The topological polar surface area (TPSA) is 49.8 Å². The fraction of sp³-hybridized carbons (Fsp3) is 0.462. The van der Waals surface area contributed by atoms with Crippen LogP contribution in [0.2, 0.25) is 0 Å². The van der Waals surface area contributed by atoms with E-state index in [1.165, 1.54) is 0 Å². The van der Waals surface area contributed by atoms with E-state index >= 15 is 0 Å². The lowest BCUT2D eigenvalue weighted by molar-refractivity contribution is -0.138. The van der Waals surface area contributed by atoms with Crippen molar-refractivity contribution in [3.05, 3.63) is 29.8 Å². The third-order valence-corrected chi connectivity index (χ3v) is 2.97. The van der Waals surface area contributed by atoms with Crippen LogP contribution in [0.1, 0.15) is 18.4 Å². The summed E-state index contributed by atoms with van der Waals surface area (Å²) in [4.78, 5) is 12.8. The minimum atomic E-state index is -0.771. The Kier molecular flexibility index (Phi) is 5.44. The van der Waals surface area contributed by atoms with E-state index in [1.807, 2.05) is 29.2 Å². The smallest absolute Gasteiger partial charge is 0.317 e. The second kappa shape index (κ2) is 6.61. The Morgan fingerprint density at radius 2 is 2.11 bits per heavy atom. The van der Waals surface area contributed by atoms with Crippen molar-refractivity contribution in [2.45, 2.75) is 25.4 Å². The van der Waals surface area contributed by atoms with Crippen molar-refractivity contribution >= 4 is 18.4 Å². The number of aliphatic carboxylic acids is 1. The van der Waals surface area contributed by atoms with Crippen molar-refractivity contribution in [1.82, 2.24) is 4.90 Å². The maximum Gasteiger partial charge on any atom is 0.317 e. The van der Waals surface area contributed by atoms with Gasteiger partial charge < -0.3 is 9.84 Å². The number of para-hydroxylation sites is 1. The van der Waals surface area contributed by atoms with E-state index in [0.29, 0.717) is 12.6 Å². The summed E-state index contributed by atoms with van der Waals surface area (Å²) in [7, 11) is 1.64. The van der Waals surface area contributed by atoms with Crippen molar-refractivity contribution in [2.24, 2.45) is 0 Å². The lowest BCUT2D eigenvalue weighted by atomic mass is 10.2. The molecule has 0 aromatic heterocycles. The number of benzene rings is 1. The van der Waals surface area contributed by atoms with Crippen molar-refractivity contribution in [1.29, 1.82) is 0 Å². The Labute approximate surface area is 113 Å². The van der Waals surface area contributed by atoms with E-state index in [1.54, 1.807) is 7.11 Å². The van der Waals surface area contributed by atoms with Crippen molar-refractivity contribution in [3.63, 3.8) is 0 Å². The van der Waals surface area contributed by atoms with Crippen LogP contribution in [0.4, 0.5) is 0 Å². The van der Waals surface area contributed by atoms with Crippen LogP contribution in [0.25, 0.3) is 0 Å². The van der Waals surface area contributed by atoms with Crippen molar-refractivity contribution in [2.75, 3.05) is 13.7 Å². The third-order valence-electron chi connectivity index (χ3n) is 2.97. The minimum absolute atomic E-state index is 0. The van der Waals surface area contributed by atoms with E-state index in [0.717, 1.165) is 24.2 Å². The molecule has 5 heteroatoms. The van der Waals surface area contributed by atoms with E-state index in [4.69, 9.17) is 9.84 Å². The van der Waals surface area contributed by atoms with Gasteiger partial charge in [-0.1, -0.05) is 18.2 Å². The van der Waals surface area contributed by atoms with Crippen LogP contribution in [-0.2, 0) is 11.3 Å². The zero-order valence-corrected chi connectivity index (χ0v) is 11.2. The SMILES string of the molecule is COc1ccccc1CN(CC(=O)O)C1CC1.Cl. The van der Waals surface area contributed by atoms with Crippen LogP contribution in [-0.4, -0.2) is 35.7 Å². The van der Waals surface area contributed by atoms with E-state index in [-0.39, 0.29) is 19.0 Å². The molecule has 0 amide bonds. The maximum atomic E-state index is 10.8. The Hall–Kier alpha value is -1.26. The van der Waals surface area contributed by atoms with Gasteiger partial charge in [0.2, 0.25) is 0 Å². The Bertz CT molecular complexity index is 407. The molecule has 1 aliphatic carbocycles. The first-order chi connectivity index (χ1) is 8.20. The molecule has 4 nitrogen and oxygen atoms in total. The predicted octanol–water partition coefficient (Wildman–Crippen LogP) is 2.17. The Morgan fingerprint density at radius 3 is 2.67 bits per heavy atom. The molecule has 0 unspecified atom stereocenters. The fourth-order valence-corrected chi connectivity index (χ4v) is 1.98. The average molecular weight is 272 g/mol. The molecule has 1 aromatic carbocycles. The predicted molar refractivity (Wildman–Crippen MR) is 71.3 cm³/mol. The number of carboxylic acid groups (broad SMARTS) is 1. The van der Waals surface area contributed by atoms with Gasteiger partial charge >= 0.3 is 5.97 Å². The molecule has 0 atom stereocenters. The molecule has 0 radical (unpaired) electrons. The summed E-state index contributed by atoms with van der Waals surface area (Å²) < 4.78 is 5.28. The van der Waals surface area contributed by atoms with Crippen LogP contribution in [0.15, 0.2) is 24.3 Å². The second-order valence-electron chi connectivity index (χ2n) is 4.34. The molecule has 1 aromatic rings. The van der Waals surface area contributed by atoms with E-state index < -0.39 is 5.97 Å². The van der Waals surface area contributed by atoms with Gasteiger partial charge in [-0.05, 0) is 18.9 Å². The van der Waals surface area contributed by atoms with Crippen LogP contribution < -0.4 is 4.74 Å².